The third-order valence-electron chi connectivity index (χ3n) is 5.12. The van der Waals surface area contributed by atoms with Crippen LogP contribution in [-0.4, -0.2) is 16.6 Å². The highest BCUT2D eigenvalue weighted by Gasteiger charge is 2.28. The van der Waals surface area contributed by atoms with Crippen LogP contribution in [0.5, 0.6) is 0 Å². The van der Waals surface area contributed by atoms with Crippen molar-refractivity contribution in [1.82, 2.24) is 4.98 Å². The zero-order valence-electron chi connectivity index (χ0n) is 14.8. The van der Waals surface area contributed by atoms with Gasteiger partial charge in [-0.05, 0) is 36.6 Å². The van der Waals surface area contributed by atoms with Crippen molar-refractivity contribution in [3.05, 3.63) is 58.6 Å². The van der Waals surface area contributed by atoms with Crippen molar-refractivity contribution in [2.75, 3.05) is 11.9 Å². The van der Waals surface area contributed by atoms with E-state index in [0.717, 1.165) is 40.7 Å². The Morgan fingerprint density at radius 3 is 2.93 bits per heavy atom. The van der Waals surface area contributed by atoms with E-state index < -0.39 is 6.10 Å². The summed E-state index contributed by atoms with van der Waals surface area (Å²) in [5.41, 5.74) is 4.14. The monoisotopic (exact) mass is 382 g/mol. The number of aliphatic hydroxyl groups excluding tert-OH is 1. The highest BCUT2D eigenvalue weighted by Crippen LogP contribution is 2.42. The lowest BCUT2D eigenvalue weighted by atomic mass is 9.97. The number of fused-ring (bicyclic) bond motifs is 1. The largest absolute Gasteiger partial charge is 0.458 e. The fourth-order valence-electron chi connectivity index (χ4n) is 3.85. The first-order chi connectivity index (χ1) is 13.1. The highest BCUT2D eigenvalue weighted by molar-refractivity contribution is 6.35. The molecule has 3 heterocycles. The number of nitrogens with one attached hydrogen (secondary N) is 1. The summed E-state index contributed by atoms with van der Waals surface area (Å²) >= 11 is 6.40. The van der Waals surface area contributed by atoms with Crippen molar-refractivity contribution >= 4 is 39.4 Å². The summed E-state index contributed by atoms with van der Waals surface area (Å²) in [6.07, 6.45) is 0.233. The molecule has 0 amide bonds. The zero-order chi connectivity index (χ0) is 18.5. The first-order valence-electron chi connectivity index (χ1n) is 9.10. The second kappa shape index (κ2) is 6.29. The van der Waals surface area contributed by atoms with E-state index in [0.29, 0.717) is 28.2 Å². The summed E-state index contributed by atoms with van der Waals surface area (Å²) in [5, 5.41) is 16.0. The molecule has 2 atom stereocenters. The van der Waals surface area contributed by atoms with Crippen LogP contribution in [0.15, 0.2) is 45.2 Å². The number of hydrogen-bond donors (Lipinski definition) is 2. The number of anilines is 1. The number of oxazole rings is 1. The van der Waals surface area contributed by atoms with E-state index in [1.165, 1.54) is 0 Å². The van der Waals surface area contributed by atoms with E-state index in [1.54, 1.807) is 0 Å². The van der Waals surface area contributed by atoms with Crippen LogP contribution in [0.4, 0.5) is 5.69 Å². The molecule has 4 aromatic rings. The van der Waals surface area contributed by atoms with Gasteiger partial charge in [-0.25, -0.2) is 4.98 Å². The van der Waals surface area contributed by atoms with Gasteiger partial charge >= 0.3 is 0 Å². The molecule has 2 unspecified atom stereocenters. The molecule has 5 nitrogen and oxygen atoms in total. The van der Waals surface area contributed by atoms with Crippen LogP contribution in [0.2, 0.25) is 5.02 Å². The Bertz CT molecular complexity index is 1110. The number of hydrogen-bond acceptors (Lipinski definition) is 5. The van der Waals surface area contributed by atoms with Gasteiger partial charge in [-0.2, -0.15) is 0 Å². The summed E-state index contributed by atoms with van der Waals surface area (Å²) in [4.78, 5) is 4.46. The van der Waals surface area contributed by atoms with E-state index in [2.05, 4.69) is 17.2 Å². The summed E-state index contributed by atoms with van der Waals surface area (Å²) in [5.74, 6) is 1.46. The minimum Gasteiger partial charge on any atom is -0.458 e. The maximum absolute atomic E-state index is 10.9. The van der Waals surface area contributed by atoms with Crippen LogP contribution in [0.25, 0.3) is 22.1 Å². The highest BCUT2D eigenvalue weighted by atomic mass is 35.5. The quantitative estimate of drug-likeness (QED) is 0.515. The average molecular weight is 383 g/mol. The Balaban J connectivity index is 1.57. The molecule has 2 aromatic heterocycles. The van der Waals surface area contributed by atoms with E-state index in [4.69, 9.17) is 20.4 Å². The van der Waals surface area contributed by atoms with Crippen molar-refractivity contribution < 1.29 is 13.9 Å². The lowest BCUT2D eigenvalue weighted by Gasteiger charge is -2.11. The Morgan fingerprint density at radius 1 is 1.22 bits per heavy atom. The molecule has 2 aromatic carbocycles. The van der Waals surface area contributed by atoms with Gasteiger partial charge in [0.1, 0.15) is 23.0 Å². The number of aromatic nitrogens is 1. The first-order valence-corrected chi connectivity index (χ1v) is 9.48. The Kier molecular flexibility index (Phi) is 3.88. The SMILES string of the molecule is CC1CNc2c(Cl)ccc3oc(C(O)Cc4nc5ccccc5o4)c(c23)C1. The number of para-hydroxylation sites is 2. The van der Waals surface area contributed by atoms with Crippen molar-refractivity contribution in [2.45, 2.75) is 25.9 Å². The molecule has 6 heteroatoms. The molecule has 27 heavy (non-hydrogen) atoms. The van der Waals surface area contributed by atoms with Gasteiger partial charge in [0.15, 0.2) is 11.5 Å². The minimum absolute atomic E-state index is 0.256. The maximum atomic E-state index is 10.9. The van der Waals surface area contributed by atoms with Gasteiger partial charge in [0.25, 0.3) is 0 Å². The normalized spacial score (nSPS) is 17.8. The first kappa shape index (κ1) is 16.7. The van der Waals surface area contributed by atoms with E-state index in [9.17, 15) is 5.11 Å². The fraction of sp³-hybridized carbons (Fsp3) is 0.286. The number of nitrogens with zero attached hydrogens (tertiary/aromatic N) is 1. The van der Waals surface area contributed by atoms with Crippen LogP contribution >= 0.6 is 11.6 Å². The van der Waals surface area contributed by atoms with Crippen molar-refractivity contribution in [2.24, 2.45) is 5.92 Å². The number of halogens is 1. The van der Waals surface area contributed by atoms with Crippen molar-refractivity contribution in [1.29, 1.82) is 0 Å². The molecule has 0 saturated heterocycles. The molecule has 0 aliphatic carbocycles. The average Bonchev–Trinajstić information content (AvgIpc) is 3.16. The molecule has 1 aliphatic rings. The Labute approximate surface area is 160 Å². The van der Waals surface area contributed by atoms with Crippen molar-refractivity contribution in [3.8, 4) is 0 Å². The van der Waals surface area contributed by atoms with Crippen LogP contribution < -0.4 is 5.32 Å². The van der Waals surface area contributed by atoms with Gasteiger partial charge in [0.05, 0.1) is 17.1 Å². The number of benzene rings is 2. The van der Waals surface area contributed by atoms with Crippen molar-refractivity contribution in [3.63, 3.8) is 0 Å². The second-order valence-corrected chi connectivity index (χ2v) is 7.63. The Hall–Kier alpha value is -2.50. The molecule has 0 bridgehead atoms. The molecular weight excluding hydrogens is 364 g/mol. The van der Waals surface area contributed by atoms with Gasteiger partial charge < -0.3 is 19.3 Å². The number of aliphatic hydroxyl groups is 1. The number of rotatable bonds is 3. The summed E-state index contributed by atoms with van der Waals surface area (Å²) < 4.78 is 11.8. The van der Waals surface area contributed by atoms with Gasteiger partial charge in [0.2, 0.25) is 0 Å². The lowest BCUT2D eigenvalue weighted by molar-refractivity contribution is 0.143. The van der Waals surface area contributed by atoms with Crippen LogP contribution in [0, 0.1) is 5.92 Å². The molecule has 0 saturated carbocycles. The lowest BCUT2D eigenvalue weighted by Crippen LogP contribution is -2.12. The smallest absolute Gasteiger partial charge is 0.198 e. The molecule has 1 aliphatic heterocycles. The Morgan fingerprint density at radius 2 is 2.07 bits per heavy atom. The van der Waals surface area contributed by atoms with E-state index >= 15 is 0 Å². The fourth-order valence-corrected chi connectivity index (χ4v) is 4.08. The summed E-state index contributed by atoms with van der Waals surface area (Å²) in [7, 11) is 0. The molecule has 0 fully saturated rings. The maximum Gasteiger partial charge on any atom is 0.198 e. The van der Waals surface area contributed by atoms with E-state index in [-0.39, 0.29) is 6.42 Å². The third kappa shape index (κ3) is 2.78. The topological polar surface area (TPSA) is 71.4 Å². The third-order valence-corrected chi connectivity index (χ3v) is 5.44. The predicted molar refractivity (Wildman–Crippen MR) is 105 cm³/mol. The standard InChI is InChI=1S/C21H19ClN2O3/c1-11-8-12-19-17(7-6-13(22)20(19)23-10-11)27-21(12)15(25)9-18-24-14-4-2-3-5-16(14)26-18/h2-7,11,15,23,25H,8-10H2,1H3. The molecule has 5 rings (SSSR count). The molecule has 2 N–H and O–H groups in total. The van der Waals surface area contributed by atoms with Gasteiger partial charge in [-0.1, -0.05) is 30.7 Å². The predicted octanol–water partition coefficient (Wildman–Crippen LogP) is 5.11. The molecule has 0 radical (unpaired) electrons. The molecule has 0 spiro atoms. The van der Waals surface area contributed by atoms with Crippen LogP contribution in [-0.2, 0) is 12.8 Å². The van der Waals surface area contributed by atoms with Gasteiger partial charge in [-0.3, -0.25) is 0 Å². The zero-order valence-corrected chi connectivity index (χ0v) is 15.6. The van der Waals surface area contributed by atoms with Crippen LogP contribution in [0.3, 0.4) is 0 Å². The summed E-state index contributed by atoms with van der Waals surface area (Å²) in [6, 6.07) is 11.3. The minimum atomic E-state index is -0.836. The summed E-state index contributed by atoms with van der Waals surface area (Å²) in [6.45, 7) is 3.00. The van der Waals surface area contributed by atoms with Gasteiger partial charge in [-0.15, -0.1) is 0 Å². The molecular formula is C21H19ClN2O3. The molecule has 138 valence electrons. The number of furan rings is 1. The van der Waals surface area contributed by atoms with Gasteiger partial charge in [0, 0.05) is 17.5 Å². The van der Waals surface area contributed by atoms with E-state index in [1.807, 2.05) is 36.4 Å². The van der Waals surface area contributed by atoms with Crippen LogP contribution in [0.1, 0.15) is 30.2 Å². The second-order valence-electron chi connectivity index (χ2n) is 7.23.